The molecule has 0 radical (unpaired) electrons. The Morgan fingerprint density at radius 2 is 2.06 bits per heavy atom. The van der Waals surface area contributed by atoms with E-state index in [-0.39, 0.29) is 6.61 Å². The van der Waals surface area contributed by atoms with E-state index in [2.05, 4.69) is 0 Å². The topological polar surface area (TPSA) is 35.2 Å². The van der Waals surface area contributed by atoms with E-state index in [4.69, 9.17) is 22.1 Å². The maximum absolute atomic E-state index is 12.5. The fraction of sp³-hybridized carbons (Fsp3) is 0.455. The smallest absolute Gasteiger partial charge is 0.362 e. The largest absolute Gasteiger partial charge is 0.416 e. The van der Waals surface area contributed by atoms with E-state index < -0.39 is 18.3 Å². The molecule has 0 bridgehead atoms. The minimum atomic E-state index is -4.47. The number of nitrogens with two attached hydrogens (primary N) is 1. The lowest BCUT2D eigenvalue weighted by atomic mass is 10.2. The third-order valence-corrected chi connectivity index (χ3v) is 2.35. The fourth-order valence-electron chi connectivity index (χ4n) is 1.36. The maximum Gasteiger partial charge on any atom is 0.416 e. The van der Waals surface area contributed by atoms with Crippen LogP contribution in [0.1, 0.15) is 12.5 Å². The third-order valence-electron chi connectivity index (χ3n) is 2.12. The zero-order chi connectivity index (χ0) is 13.1. The van der Waals surface area contributed by atoms with E-state index in [0.29, 0.717) is 10.6 Å². The van der Waals surface area contributed by atoms with Crippen LogP contribution in [-0.4, -0.2) is 18.3 Å². The van der Waals surface area contributed by atoms with Gasteiger partial charge in [0.1, 0.15) is 0 Å². The van der Waals surface area contributed by atoms with Crippen molar-refractivity contribution in [3.8, 4) is 0 Å². The molecule has 0 amide bonds. The molecule has 0 aliphatic carbocycles. The second-order valence-electron chi connectivity index (χ2n) is 3.76. The average Bonchev–Trinajstić information content (AvgIpc) is 2.15. The second-order valence-corrected chi connectivity index (χ2v) is 4.20. The first kappa shape index (κ1) is 14.3. The molecule has 0 aliphatic heterocycles. The molecule has 0 saturated heterocycles. The van der Waals surface area contributed by atoms with Gasteiger partial charge in [0.25, 0.3) is 0 Å². The Bertz CT molecular complexity index is 368. The highest BCUT2D eigenvalue weighted by molar-refractivity contribution is 6.30. The molecule has 0 spiro atoms. The third kappa shape index (κ3) is 4.53. The lowest BCUT2D eigenvalue weighted by molar-refractivity contribution is -0.228. The van der Waals surface area contributed by atoms with E-state index in [1.165, 1.54) is 6.92 Å². The first-order chi connectivity index (χ1) is 7.80. The summed E-state index contributed by atoms with van der Waals surface area (Å²) in [7, 11) is 0. The highest BCUT2D eigenvalue weighted by Crippen LogP contribution is 2.26. The Kier molecular flexibility index (Phi) is 4.80. The van der Waals surface area contributed by atoms with Gasteiger partial charge in [0.05, 0.1) is 6.61 Å². The summed E-state index contributed by atoms with van der Waals surface area (Å²) in [6.07, 6.45) is -6.44. The molecule has 17 heavy (non-hydrogen) atoms. The molecule has 1 aromatic rings. The Balaban J connectivity index is 2.65. The van der Waals surface area contributed by atoms with Crippen molar-refractivity contribution in [1.29, 1.82) is 0 Å². The molecule has 0 saturated carbocycles. The van der Waals surface area contributed by atoms with Crippen LogP contribution >= 0.6 is 11.6 Å². The predicted octanol–water partition coefficient (Wildman–Crippen LogP) is 3.13. The Labute approximate surface area is 103 Å². The summed E-state index contributed by atoms with van der Waals surface area (Å²) in [6.45, 7) is 1.09. The molecule has 6 heteroatoms. The SMILES string of the molecule is CC(N)C(OCc1cccc(Cl)c1)C(F)(F)F. The molecule has 0 fully saturated rings. The van der Waals surface area contributed by atoms with Gasteiger partial charge < -0.3 is 10.5 Å². The van der Waals surface area contributed by atoms with Gasteiger partial charge in [-0.05, 0) is 24.6 Å². The first-order valence-corrected chi connectivity index (χ1v) is 5.37. The zero-order valence-electron chi connectivity index (χ0n) is 9.17. The van der Waals surface area contributed by atoms with Crippen LogP contribution in [0, 0.1) is 0 Å². The normalized spacial score (nSPS) is 15.6. The molecule has 0 heterocycles. The van der Waals surface area contributed by atoms with Crippen LogP contribution in [0.2, 0.25) is 5.02 Å². The molecule has 2 atom stereocenters. The van der Waals surface area contributed by atoms with Crippen molar-refractivity contribution >= 4 is 11.6 Å². The van der Waals surface area contributed by atoms with Crippen LogP contribution < -0.4 is 5.73 Å². The Morgan fingerprint density at radius 1 is 1.41 bits per heavy atom. The van der Waals surface area contributed by atoms with Crippen molar-refractivity contribution in [2.75, 3.05) is 0 Å². The van der Waals surface area contributed by atoms with Crippen LogP contribution in [0.4, 0.5) is 13.2 Å². The van der Waals surface area contributed by atoms with Crippen molar-refractivity contribution < 1.29 is 17.9 Å². The molecule has 96 valence electrons. The van der Waals surface area contributed by atoms with E-state index in [1.807, 2.05) is 0 Å². The Hall–Kier alpha value is -0.780. The summed E-state index contributed by atoms with van der Waals surface area (Å²) in [6, 6.07) is 5.36. The minimum Gasteiger partial charge on any atom is -0.362 e. The Morgan fingerprint density at radius 3 is 2.53 bits per heavy atom. The summed E-state index contributed by atoms with van der Waals surface area (Å²) in [5, 5.41) is 0.454. The van der Waals surface area contributed by atoms with Gasteiger partial charge in [0.15, 0.2) is 6.10 Å². The number of hydrogen-bond acceptors (Lipinski definition) is 2. The monoisotopic (exact) mass is 267 g/mol. The molecule has 1 rings (SSSR count). The lowest BCUT2D eigenvalue weighted by Gasteiger charge is -2.23. The van der Waals surface area contributed by atoms with Crippen LogP contribution in [0.25, 0.3) is 0 Å². The van der Waals surface area contributed by atoms with Gasteiger partial charge in [-0.2, -0.15) is 13.2 Å². The zero-order valence-corrected chi connectivity index (χ0v) is 9.92. The molecular formula is C11H13ClF3NO. The summed E-state index contributed by atoms with van der Waals surface area (Å²) in [5.74, 6) is 0. The fourth-order valence-corrected chi connectivity index (χ4v) is 1.57. The van der Waals surface area contributed by atoms with Gasteiger partial charge in [0.2, 0.25) is 0 Å². The van der Waals surface area contributed by atoms with Crippen molar-refractivity contribution in [2.24, 2.45) is 5.73 Å². The van der Waals surface area contributed by atoms with Gasteiger partial charge in [-0.25, -0.2) is 0 Å². The van der Waals surface area contributed by atoms with E-state index in [9.17, 15) is 13.2 Å². The van der Waals surface area contributed by atoms with Gasteiger partial charge >= 0.3 is 6.18 Å². The number of rotatable bonds is 4. The second kappa shape index (κ2) is 5.71. The van der Waals surface area contributed by atoms with Crippen LogP contribution in [0.3, 0.4) is 0 Å². The number of benzene rings is 1. The van der Waals surface area contributed by atoms with E-state index >= 15 is 0 Å². The highest BCUT2D eigenvalue weighted by atomic mass is 35.5. The summed E-state index contributed by atoms with van der Waals surface area (Å²) >= 11 is 5.71. The van der Waals surface area contributed by atoms with Gasteiger partial charge in [-0.3, -0.25) is 0 Å². The first-order valence-electron chi connectivity index (χ1n) is 4.99. The highest BCUT2D eigenvalue weighted by Gasteiger charge is 2.43. The number of ether oxygens (including phenoxy) is 1. The molecular weight excluding hydrogens is 255 g/mol. The van der Waals surface area contributed by atoms with Crippen LogP contribution in [-0.2, 0) is 11.3 Å². The minimum absolute atomic E-state index is 0.174. The number of hydrogen-bond donors (Lipinski definition) is 1. The summed E-state index contributed by atoms with van der Waals surface area (Å²) in [4.78, 5) is 0. The van der Waals surface area contributed by atoms with Gasteiger partial charge in [-0.15, -0.1) is 0 Å². The van der Waals surface area contributed by atoms with Crippen molar-refractivity contribution in [2.45, 2.75) is 31.9 Å². The number of alkyl halides is 3. The quantitative estimate of drug-likeness (QED) is 0.910. The molecule has 0 aliphatic rings. The van der Waals surface area contributed by atoms with Crippen LogP contribution in [0.15, 0.2) is 24.3 Å². The molecule has 2 unspecified atom stereocenters. The van der Waals surface area contributed by atoms with E-state index in [1.54, 1.807) is 24.3 Å². The predicted molar refractivity (Wildman–Crippen MR) is 59.7 cm³/mol. The summed E-state index contributed by atoms with van der Waals surface area (Å²) < 4.78 is 42.4. The van der Waals surface area contributed by atoms with Gasteiger partial charge in [0, 0.05) is 11.1 Å². The van der Waals surface area contributed by atoms with Crippen molar-refractivity contribution in [3.05, 3.63) is 34.9 Å². The maximum atomic E-state index is 12.5. The van der Waals surface area contributed by atoms with Crippen molar-refractivity contribution in [3.63, 3.8) is 0 Å². The number of halogens is 4. The summed E-state index contributed by atoms with van der Waals surface area (Å²) in [5.41, 5.74) is 5.82. The molecule has 1 aromatic carbocycles. The van der Waals surface area contributed by atoms with Gasteiger partial charge in [-0.1, -0.05) is 23.7 Å². The molecule has 0 aromatic heterocycles. The lowest BCUT2D eigenvalue weighted by Crippen LogP contribution is -2.45. The van der Waals surface area contributed by atoms with Crippen molar-refractivity contribution in [1.82, 2.24) is 0 Å². The standard InChI is InChI=1S/C11H13ClF3NO/c1-7(16)10(11(13,14)15)17-6-8-3-2-4-9(12)5-8/h2-5,7,10H,6,16H2,1H3. The van der Waals surface area contributed by atoms with Crippen LogP contribution in [0.5, 0.6) is 0 Å². The molecule has 2 nitrogen and oxygen atoms in total. The average molecular weight is 268 g/mol. The molecule has 2 N–H and O–H groups in total. The van der Waals surface area contributed by atoms with E-state index in [0.717, 1.165) is 0 Å².